The first-order valence-corrected chi connectivity index (χ1v) is 6.76. The lowest BCUT2D eigenvalue weighted by Crippen LogP contribution is -2.12. The van der Waals surface area contributed by atoms with Crippen LogP contribution in [0.1, 0.15) is 11.3 Å². The fourth-order valence-corrected chi connectivity index (χ4v) is 2.07. The van der Waals surface area contributed by atoms with E-state index in [9.17, 15) is 4.79 Å². The summed E-state index contributed by atoms with van der Waals surface area (Å²) in [6, 6.07) is 9.79. The molecule has 0 bridgehead atoms. The van der Waals surface area contributed by atoms with Crippen LogP contribution in [0, 0.1) is 12.8 Å². The molecule has 4 heteroatoms. The molecule has 21 heavy (non-hydrogen) atoms. The molecule has 0 unspecified atom stereocenters. The van der Waals surface area contributed by atoms with E-state index in [1.807, 2.05) is 43.3 Å². The van der Waals surface area contributed by atoms with Gasteiger partial charge in [0.25, 0.3) is 0 Å². The number of carbonyl (C=O) groups excluding carboxylic acids is 1. The first-order valence-electron chi connectivity index (χ1n) is 6.76. The number of benzene rings is 1. The third kappa shape index (κ3) is 3.11. The fraction of sp³-hybridized carbons (Fsp3) is 0.176. The van der Waals surface area contributed by atoms with Gasteiger partial charge in [-0.2, -0.15) is 0 Å². The molecule has 1 aromatic carbocycles. The predicted molar refractivity (Wildman–Crippen MR) is 78.2 cm³/mol. The molecule has 0 radical (unpaired) electrons. The number of nitrogens with zero attached hydrogens (tertiary/aromatic N) is 1. The Balaban J connectivity index is 1.62. The molecule has 4 nitrogen and oxygen atoms in total. The van der Waals surface area contributed by atoms with Crippen molar-refractivity contribution >= 4 is 5.97 Å². The van der Waals surface area contributed by atoms with Gasteiger partial charge in [-0.3, -0.25) is 4.79 Å². The molecule has 1 heterocycles. The SMILES string of the molecule is Cc1ccc(-c2cc(COC(=O)C3C=CC=C3)on2)cc1. The molecule has 0 spiro atoms. The Hall–Kier alpha value is -2.62. The fourth-order valence-electron chi connectivity index (χ4n) is 2.07. The lowest BCUT2D eigenvalue weighted by Gasteiger charge is -2.04. The van der Waals surface area contributed by atoms with Crippen LogP contribution in [-0.4, -0.2) is 11.1 Å². The maximum absolute atomic E-state index is 11.7. The van der Waals surface area contributed by atoms with Crippen LogP contribution in [0.2, 0.25) is 0 Å². The van der Waals surface area contributed by atoms with E-state index in [0.717, 1.165) is 11.3 Å². The topological polar surface area (TPSA) is 52.3 Å². The van der Waals surface area contributed by atoms with Crippen LogP contribution in [0.3, 0.4) is 0 Å². The van der Waals surface area contributed by atoms with Crippen molar-refractivity contribution in [1.29, 1.82) is 0 Å². The number of ether oxygens (including phenoxy) is 1. The normalized spacial score (nSPS) is 13.8. The molecular formula is C17H15NO3. The number of esters is 1. The molecule has 0 aliphatic heterocycles. The average molecular weight is 281 g/mol. The molecule has 0 saturated carbocycles. The summed E-state index contributed by atoms with van der Waals surface area (Å²) in [7, 11) is 0. The highest BCUT2D eigenvalue weighted by Gasteiger charge is 2.17. The third-order valence-electron chi connectivity index (χ3n) is 3.28. The van der Waals surface area contributed by atoms with Crippen LogP contribution in [0.4, 0.5) is 0 Å². The minimum Gasteiger partial charge on any atom is -0.457 e. The van der Waals surface area contributed by atoms with Crippen molar-refractivity contribution in [3.05, 3.63) is 66.0 Å². The Labute approximate surface area is 122 Å². The summed E-state index contributed by atoms with van der Waals surface area (Å²) in [6.45, 7) is 2.12. The van der Waals surface area contributed by atoms with Gasteiger partial charge >= 0.3 is 5.97 Å². The van der Waals surface area contributed by atoms with Gasteiger partial charge in [0.05, 0.1) is 5.92 Å². The number of allylic oxidation sites excluding steroid dienone is 2. The van der Waals surface area contributed by atoms with Crippen molar-refractivity contribution in [3.63, 3.8) is 0 Å². The first-order chi connectivity index (χ1) is 10.2. The Morgan fingerprint density at radius 2 is 1.95 bits per heavy atom. The third-order valence-corrected chi connectivity index (χ3v) is 3.28. The molecular weight excluding hydrogens is 266 g/mol. The van der Waals surface area contributed by atoms with Crippen LogP contribution in [-0.2, 0) is 16.1 Å². The van der Waals surface area contributed by atoms with E-state index in [-0.39, 0.29) is 18.5 Å². The van der Waals surface area contributed by atoms with Gasteiger partial charge in [-0.1, -0.05) is 59.3 Å². The second-order valence-corrected chi connectivity index (χ2v) is 4.95. The van der Waals surface area contributed by atoms with E-state index in [2.05, 4.69) is 5.16 Å². The minimum absolute atomic E-state index is 0.0931. The van der Waals surface area contributed by atoms with Crippen molar-refractivity contribution in [2.75, 3.05) is 0 Å². The lowest BCUT2D eigenvalue weighted by molar-refractivity contribution is -0.147. The Morgan fingerprint density at radius 3 is 2.67 bits per heavy atom. The maximum atomic E-state index is 11.7. The van der Waals surface area contributed by atoms with Crippen molar-refractivity contribution < 1.29 is 14.1 Å². The van der Waals surface area contributed by atoms with Gasteiger partial charge in [-0.15, -0.1) is 0 Å². The molecule has 106 valence electrons. The van der Waals surface area contributed by atoms with Crippen LogP contribution >= 0.6 is 0 Å². The maximum Gasteiger partial charge on any atom is 0.317 e. The average Bonchev–Trinajstić information content (AvgIpc) is 3.17. The van der Waals surface area contributed by atoms with Crippen LogP contribution < -0.4 is 0 Å². The van der Waals surface area contributed by atoms with Gasteiger partial charge < -0.3 is 9.26 Å². The number of aromatic nitrogens is 1. The van der Waals surface area contributed by atoms with E-state index in [4.69, 9.17) is 9.26 Å². The zero-order valence-corrected chi connectivity index (χ0v) is 11.7. The highest BCUT2D eigenvalue weighted by atomic mass is 16.5. The van der Waals surface area contributed by atoms with E-state index < -0.39 is 0 Å². The summed E-state index contributed by atoms with van der Waals surface area (Å²) in [6.07, 6.45) is 7.24. The predicted octanol–water partition coefficient (Wildman–Crippen LogP) is 3.44. The second kappa shape index (κ2) is 5.79. The number of hydrogen-bond acceptors (Lipinski definition) is 4. The van der Waals surface area contributed by atoms with Gasteiger partial charge in [-0.25, -0.2) is 0 Å². The summed E-state index contributed by atoms with van der Waals surface area (Å²) in [4.78, 5) is 11.7. The quantitative estimate of drug-likeness (QED) is 0.806. The summed E-state index contributed by atoms with van der Waals surface area (Å²) >= 11 is 0. The van der Waals surface area contributed by atoms with Crippen molar-refractivity contribution in [1.82, 2.24) is 5.16 Å². The Kier molecular flexibility index (Phi) is 3.69. The van der Waals surface area contributed by atoms with Gasteiger partial charge in [-0.05, 0) is 6.92 Å². The van der Waals surface area contributed by atoms with E-state index in [1.165, 1.54) is 5.56 Å². The number of hydrogen-bond donors (Lipinski definition) is 0. The van der Waals surface area contributed by atoms with Crippen molar-refractivity contribution in [2.24, 2.45) is 5.92 Å². The highest BCUT2D eigenvalue weighted by molar-refractivity contribution is 5.77. The van der Waals surface area contributed by atoms with Gasteiger partial charge in [0.15, 0.2) is 12.4 Å². The van der Waals surface area contributed by atoms with Crippen LogP contribution in [0.25, 0.3) is 11.3 Å². The molecule has 0 amide bonds. The second-order valence-electron chi connectivity index (χ2n) is 4.95. The standard InChI is InChI=1S/C17H15NO3/c1-12-6-8-13(9-7-12)16-10-15(21-18-16)11-20-17(19)14-4-2-3-5-14/h2-10,14H,11H2,1H3. The van der Waals surface area contributed by atoms with Gasteiger partial charge in [0.1, 0.15) is 5.69 Å². The summed E-state index contributed by atoms with van der Waals surface area (Å²) in [5, 5.41) is 4.00. The molecule has 0 N–H and O–H groups in total. The monoisotopic (exact) mass is 281 g/mol. The zero-order valence-electron chi connectivity index (χ0n) is 11.7. The lowest BCUT2D eigenvalue weighted by atomic mass is 10.1. The summed E-state index contributed by atoms with van der Waals surface area (Å²) in [5.74, 6) is -0.0392. The molecule has 0 fully saturated rings. The largest absolute Gasteiger partial charge is 0.457 e. The van der Waals surface area contributed by atoms with E-state index >= 15 is 0 Å². The number of aryl methyl sites for hydroxylation is 1. The molecule has 0 saturated heterocycles. The highest BCUT2D eigenvalue weighted by Crippen LogP contribution is 2.20. The molecule has 1 aliphatic rings. The molecule has 1 aromatic heterocycles. The smallest absolute Gasteiger partial charge is 0.317 e. The molecule has 2 aromatic rings. The summed E-state index contributed by atoms with van der Waals surface area (Å²) < 4.78 is 10.4. The summed E-state index contributed by atoms with van der Waals surface area (Å²) in [5.41, 5.74) is 2.90. The Bertz CT molecular complexity index is 683. The number of carbonyl (C=O) groups is 1. The van der Waals surface area contributed by atoms with Crippen molar-refractivity contribution in [3.8, 4) is 11.3 Å². The first kappa shape index (κ1) is 13.4. The van der Waals surface area contributed by atoms with Gasteiger partial charge in [0, 0.05) is 11.6 Å². The van der Waals surface area contributed by atoms with Crippen molar-refractivity contribution in [2.45, 2.75) is 13.5 Å². The van der Waals surface area contributed by atoms with Crippen LogP contribution in [0.15, 0.2) is 59.2 Å². The number of rotatable bonds is 4. The van der Waals surface area contributed by atoms with Gasteiger partial charge in [0.2, 0.25) is 0 Å². The van der Waals surface area contributed by atoms with E-state index in [1.54, 1.807) is 18.2 Å². The van der Waals surface area contributed by atoms with Crippen LogP contribution in [0.5, 0.6) is 0 Å². The zero-order chi connectivity index (χ0) is 14.7. The Morgan fingerprint density at radius 1 is 1.24 bits per heavy atom. The molecule has 1 aliphatic carbocycles. The molecule has 0 atom stereocenters. The molecule has 3 rings (SSSR count). The van der Waals surface area contributed by atoms with E-state index in [0.29, 0.717) is 5.76 Å². The minimum atomic E-state index is -0.288.